The molecule has 24 heavy (non-hydrogen) atoms. The first-order chi connectivity index (χ1) is 11.5. The Labute approximate surface area is 139 Å². The highest BCUT2D eigenvalue weighted by Crippen LogP contribution is 2.29. The zero-order valence-electron chi connectivity index (χ0n) is 13.8. The van der Waals surface area contributed by atoms with Crippen molar-refractivity contribution in [2.75, 3.05) is 18.0 Å². The van der Waals surface area contributed by atoms with E-state index in [1.54, 1.807) is 0 Å². The van der Waals surface area contributed by atoms with Gasteiger partial charge < -0.3 is 14.5 Å². The van der Waals surface area contributed by atoms with Gasteiger partial charge in [-0.3, -0.25) is 0 Å². The lowest BCUT2D eigenvalue weighted by atomic mass is 9.97. The van der Waals surface area contributed by atoms with Crippen molar-refractivity contribution in [1.82, 2.24) is 20.1 Å². The molecule has 1 aliphatic heterocycles. The summed E-state index contributed by atoms with van der Waals surface area (Å²) in [5, 5.41) is 13.4. The van der Waals surface area contributed by atoms with Crippen LogP contribution >= 0.6 is 0 Å². The average molecular weight is 331 g/mol. The number of nitrogens with zero attached hydrogens (tertiary/aromatic N) is 5. The van der Waals surface area contributed by atoms with Crippen molar-refractivity contribution in [2.24, 2.45) is 5.92 Å². The van der Waals surface area contributed by atoms with E-state index < -0.39 is 5.97 Å². The molecule has 8 nitrogen and oxygen atoms in total. The van der Waals surface area contributed by atoms with E-state index in [0.29, 0.717) is 24.2 Å². The molecule has 3 rings (SSSR count). The fourth-order valence-electron chi connectivity index (χ4n) is 2.98. The van der Waals surface area contributed by atoms with Crippen molar-refractivity contribution >= 4 is 11.8 Å². The molecule has 1 saturated heterocycles. The topological polar surface area (TPSA) is 105 Å². The maximum absolute atomic E-state index is 11.4. The van der Waals surface area contributed by atoms with Gasteiger partial charge in [-0.15, -0.1) is 0 Å². The number of aromatic nitrogens is 4. The summed E-state index contributed by atoms with van der Waals surface area (Å²) in [6.45, 7) is 5.59. The van der Waals surface area contributed by atoms with E-state index in [-0.39, 0.29) is 11.5 Å². The number of hydrogen-bond acceptors (Lipinski definition) is 7. The van der Waals surface area contributed by atoms with Crippen molar-refractivity contribution < 1.29 is 14.4 Å². The molecule has 1 N–H and O–H groups in total. The number of carbonyl (C=O) groups is 1. The number of hydrogen-bond donors (Lipinski definition) is 1. The van der Waals surface area contributed by atoms with Crippen molar-refractivity contribution in [2.45, 2.75) is 39.0 Å². The zero-order valence-corrected chi connectivity index (χ0v) is 13.8. The Hall–Kier alpha value is -2.51. The molecule has 0 aromatic carbocycles. The van der Waals surface area contributed by atoms with E-state index in [9.17, 15) is 9.90 Å². The molecule has 0 spiro atoms. The number of carboxylic acid groups (broad SMARTS) is 1. The highest BCUT2D eigenvalue weighted by Gasteiger charge is 2.29. The van der Waals surface area contributed by atoms with E-state index in [1.807, 2.05) is 4.90 Å². The van der Waals surface area contributed by atoms with Crippen LogP contribution in [0.5, 0.6) is 0 Å². The first-order valence-corrected chi connectivity index (χ1v) is 8.15. The zero-order chi connectivity index (χ0) is 17.1. The van der Waals surface area contributed by atoms with Gasteiger partial charge in [-0.2, -0.15) is 4.98 Å². The molecule has 0 radical (unpaired) electrons. The molecule has 0 amide bonds. The van der Waals surface area contributed by atoms with Crippen molar-refractivity contribution in [3.8, 4) is 0 Å². The van der Waals surface area contributed by atoms with E-state index in [0.717, 1.165) is 31.6 Å². The van der Waals surface area contributed by atoms with Gasteiger partial charge in [-0.25, -0.2) is 14.8 Å². The number of rotatable bonds is 5. The predicted octanol–water partition coefficient (Wildman–Crippen LogP) is 2.14. The summed E-state index contributed by atoms with van der Waals surface area (Å²) in [5.41, 5.74) is 0.115. The maximum atomic E-state index is 11.4. The van der Waals surface area contributed by atoms with Crippen LogP contribution in [0.4, 0.5) is 5.82 Å². The van der Waals surface area contributed by atoms with Crippen LogP contribution in [0.25, 0.3) is 0 Å². The molecule has 3 heterocycles. The molecule has 2 aromatic heterocycles. The Morgan fingerprint density at radius 3 is 3.08 bits per heavy atom. The molecular formula is C16H21N5O3. The minimum atomic E-state index is -1.02. The van der Waals surface area contributed by atoms with E-state index >= 15 is 0 Å². The summed E-state index contributed by atoms with van der Waals surface area (Å²) in [6.07, 6.45) is 5.35. The Bertz CT molecular complexity index is 715. The van der Waals surface area contributed by atoms with Gasteiger partial charge >= 0.3 is 5.97 Å². The predicted molar refractivity (Wildman–Crippen MR) is 86.0 cm³/mol. The van der Waals surface area contributed by atoms with Gasteiger partial charge in [0.25, 0.3) is 0 Å². The molecule has 0 unspecified atom stereocenters. The Balaban J connectivity index is 1.77. The smallest absolute Gasteiger partial charge is 0.341 e. The molecule has 128 valence electrons. The molecule has 0 saturated carbocycles. The van der Waals surface area contributed by atoms with Crippen LogP contribution in [0, 0.1) is 5.92 Å². The van der Waals surface area contributed by atoms with E-state index in [2.05, 4.69) is 34.0 Å². The first kappa shape index (κ1) is 16.4. The van der Waals surface area contributed by atoms with E-state index in [4.69, 9.17) is 4.52 Å². The fraction of sp³-hybridized carbons (Fsp3) is 0.562. The van der Waals surface area contributed by atoms with E-state index in [1.165, 1.54) is 12.5 Å². The molecule has 8 heteroatoms. The van der Waals surface area contributed by atoms with Gasteiger partial charge in [-0.05, 0) is 18.8 Å². The van der Waals surface area contributed by atoms with Crippen LogP contribution in [0.2, 0.25) is 0 Å². The molecule has 2 aromatic rings. The van der Waals surface area contributed by atoms with Crippen LogP contribution in [0.3, 0.4) is 0 Å². The first-order valence-electron chi connectivity index (χ1n) is 8.15. The maximum Gasteiger partial charge on any atom is 0.341 e. The quantitative estimate of drug-likeness (QED) is 0.888. The molecule has 1 atom stereocenters. The van der Waals surface area contributed by atoms with Crippen LogP contribution in [0.1, 0.15) is 54.7 Å². The summed E-state index contributed by atoms with van der Waals surface area (Å²) in [7, 11) is 0. The summed E-state index contributed by atoms with van der Waals surface area (Å²) >= 11 is 0. The lowest BCUT2D eigenvalue weighted by Gasteiger charge is -2.32. The largest absolute Gasteiger partial charge is 0.477 e. The van der Waals surface area contributed by atoms with Crippen LogP contribution in [-0.4, -0.2) is 44.3 Å². The summed E-state index contributed by atoms with van der Waals surface area (Å²) in [6, 6.07) is 0. The molecular weight excluding hydrogens is 310 g/mol. The molecule has 0 aliphatic carbocycles. The van der Waals surface area contributed by atoms with Gasteiger partial charge in [0.15, 0.2) is 5.82 Å². The lowest BCUT2D eigenvalue weighted by molar-refractivity contribution is 0.0696. The standard InChI is InChI=1S/C16H21N5O3/c1-10(2)6-13-19-15(24-20-13)11-4-3-5-21(8-11)14-12(16(22)23)7-17-9-18-14/h7,9-11H,3-6,8H2,1-2H3,(H,22,23)/t11-/m1/s1. The van der Waals surface area contributed by atoms with Gasteiger partial charge in [-0.1, -0.05) is 19.0 Å². The summed E-state index contributed by atoms with van der Waals surface area (Å²) < 4.78 is 5.43. The third-order valence-electron chi connectivity index (χ3n) is 4.07. The van der Waals surface area contributed by atoms with Gasteiger partial charge in [0.05, 0.1) is 5.92 Å². The number of carboxylic acids is 1. The average Bonchev–Trinajstić information content (AvgIpc) is 3.02. The fourth-order valence-corrected chi connectivity index (χ4v) is 2.98. The molecule has 1 aliphatic rings. The normalized spacial score (nSPS) is 18.1. The van der Waals surface area contributed by atoms with Crippen LogP contribution in [-0.2, 0) is 6.42 Å². The minimum absolute atomic E-state index is 0.0868. The monoisotopic (exact) mass is 331 g/mol. The second-order valence-corrected chi connectivity index (χ2v) is 6.50. The Morgan fingerprint density at radius 2 is 2.33 bits per heavy atom. The van der Waals surface area contributed by atoms with Crippen molar-refractivity contribution in [3.05, 3.63) is 29.8 Å². The third kappa shape index (κ3) is 3.52. The molecule has 1 fully saturated rings. The van der Waals surface area contributed by atoms with Crippen LogP contribution < -0.4 is 4.90 Å². The second-order valence-electron chi connectivity index (χ2n) is 6.50. The highest BCUT2D eigenvalue weighted by atomic mass is 16.5. The number of anilines is 1. The third-order valence-corrected chi connectivity index (χ3v) is 4.07. The summed E-state index contributed by atoms with van der Waals surface area (Å²) in [4.78, 5) is 25.8. The SMILES string of the molecule is CC(C)Cc1noc([C@@H]2CCCN(c3ncncc3C(=O)O)C2)n1. The number of piperidine rings is 1. The van der Waals surface area contributed by atoms with Crippen molar-refractivity contribution in [1.29, 1.82) is 0 Å². The lowest BCUT2D eigenvalue weighted by Crippen LogP contribution is -2.36. The van der Waals surface area contributed by atoms with Gasteiger partial charge in [0, 0.05) is 25.7 Å². The molecule has 0 bridgehead atoms. The summed E-state index contributed by atoms with van der Waals surface area (Å²) in [5.74, 6) is 1.33. The Morgan fingerprint density at radius 1 is 1.50 bits per heavy atom. The highest BCUT2D eigenvalue weighted by molar-refractivity contribution is 5.92. The number of aromatic carboxylic acids is 1. The van der Waals surface area contributed by atoms with Gasteiger partial charge in [0.1, 0.15) is 17.7 Å². The minimum Gasteiger partial charge on any atom is -0.477 e. The second kappa shape index (κ2) is 6.94. The van der Waals surface area contributed by atoms with Crippen LogP contribution in [0.15, 0.2) is 17.0 Å². The van der Waals surface area contributed by atoms with Crippen molar-refractivity contribution in [3.63, 3.8) is 0 Å². The van der Waals surface area contributed by atoms with Gasteiger partial charge in [0.2, 0.25) is 5.89 Å². The Kier molecular flexibility index (Phi) is 4.73.